The largest absolute Gasteiger partial charge is 0.313 e. The van der Waals surface area contributed by atoms with Gasteiger partial charge in [-0.3, -0.25) is 0 Å². The van der Waals surface area contributed by atoms with Crippen LogP contribution in [0.2, 0.25) is 0 Å². The first-order valence-electron chi connectivity index (χ1n) is 18.9. The van der Waals surface area contributed by atoms with Crippen LogP contribution in [0.5, 0.6) is 0 Å². The van der Waals surface area contributed by atoms with E-state index in [1.165, 1.54) is 93.6 Å². The lowest BCUT2D eigenvalue weighted by atomic mass is 9.89. The third kappa shape index (κ3) is 4.88. The van der Waals surface area contributed by atoms with Gasteiger partial charge in [0, 0.05) is 38.5 Å². The number of nitrogens with zero attached hydrogens (tertiary/aromatic N) is 2. The first kappa shape index (κ1) is 30.7. The van der Waals surface area contributed by atoms with E-state index in [0.29, 0.717) is 5.92 Å². The third-order valence-electron chi connectivity index (χ3n) is 11.5. The van der Waals surface area contributed by atoms with Crippen LogP contribution in [0.3, 0.4) is 0 Å². The van der Waals surface area contributed by atoms with Crippen LogP contribution in [0, 0.1) is 0 Å². The van der Waals surface area contributed by atoms with Gasteiger partial charge in [-0.05, 0) is 88.2 Å². The van der Waals surface area contributed by atoms with Gasteiger partial charge < -0.3 is 9.13 Å². The molecule has 2 nitrogen and oxygen atoms in total. The second-order valence-electron chi connectivity index (χ2n) is 14.5. The minimum Gasteiger partial charge on any atom is -0.313 e. The number of hydrogen-bond donors (Lipinski definition) is 0. The Kier molecular flexibility index (Phi) is 7.03. The molecule has 11 rings (SSSR count). The first-order chi connectivity index (χ1) is 26.8. The lowest BCUT2D eigenvalue weighted by molar-refractivity contribution is 0.837. The van der Waals surface area contributed by atoms with Crippen molar-refractivity contribution in [1.29, 1.82) is 0 Å². The molecule has 1 aliphatic carbocycles. The summed E-state index contributed by atoms with van der Waals surface area (Å²) in [5.41, 5.74) is 13.8. The average molecular weight is 689 g/mol. The Morgan fingerprint density at radius 3 is 1.65 bits per heavy atom. The molecule has 1 unspecified atom stereocenters. The highest BCUT2D eigenvalue weighted by Crippen LogP contribution is 2.41. The number of benzene rings is 8. The van der Waals surface area contributed by atoms with E-state index in [9.17, 15) is 0 Å². The number of allylic oxidation sites excluding steroid dienone is 4. The quantitative estimate of drug-likeness (QED) is 0.170. The van der Waals surface area contributed by atoms with Crippen molar-refractivity contribution in [2.75, 3.05) is 0 Å². The van der Waals surface area contributed by atoms with Crippen molar-refractivity contribution in [3.8, 4) is 27.9 Å². The van der Waals surface area contributed by atoms with Crippen molar-refractivity contribution >= 4 is 60.1 Å². The lowest BCUT2D eigenvalue weighted by Gasteiger charge is -2.21. The monoisotopic (exact) mass is 688 g/mol. The highest BCUT2D eigenvalue weighted by Gasteiger charge is 2.21. The second-order valence-corrected chi connectivity index (χ2v) is 14.5. The van der Waals surface area contributed by atoms with Crippen molar-refractivity contribution in [3.63, 3.8) is 0 Å². The predicted octanol–water partition coefficient (Wildman–Crippen LogP) is 14.0. The van der Waals surface area contributed by atoms with Gasteiger partial charge in [-0.2, -0.15) is 0 Å². The van der Waals surface area contributed by atoms with Gasteiger partial charge in [0.05, 0.1) is 27.8 Å². The van der Waals surface area contributed by atoms with Gasteiger partial charge in [0.25, 0.3) is 0 Å². The molecule has 254 valence electrons. The summed E-state index contributed by atoms with van der Waals surface area (Å²) >= 11 is 0. The molecule has 10 aromatic rings. The van der Waals surface area contributed by atoms with Crippen molar-refractivity contribution in [1.82, 2.24) is 9.13 Å². The summed E-state index contributed by atoms with van der Waals surface area (Å²) in [6.45, 7) is 0. The Balaban J connectivity index is 0.994. The Labute approximate surface area is 314 Å². The Bertz CT molecular complexity index is 3110. The number of hydrogen-bond acceptors (Lipinski definition) is 0. The van der Waals surface area contributed by atoms with E-state index in [2.05, 4.69) is 209 Å². The summed E-state index contributed by atoms with van der Waals surface area (Å²) in [5, 5.41) is 7.59. The van der Waals surface area contributed by atoms with Crippen LogP contribution in [0.15, 0.2) is 200 Å². The van der Waals surface area contributed by atoms with Gasteiger partial charge >= 0.3 is 0 Å². The minimum atomic E-state index is 0.313. The molecule has 0 fully saturated rings. The van der Waals surface area contributed by atoms with Crippen molar-refractivity contribution < 1.29 is 0 Å². The molecule has 1 atom stereocenters. The van der Waals surface area contributed by atoms with Crippen LogP contribution in [-0.4, -0.2) is 9.13 Å². The SMILES string of the molecule is C1=CC(c2ccc(-c3ccccc3)cc2)CC(n2c3ccccc3c3cc(-c4ccc5c(c4)c4ccccc4n5-c4cccc5ccccc45)ccc32)=C1. The fraction of sp³-hybridized carbons (Fsp3) is 0.0385. The highest BCUT2D eigenvalue weighted by atomic mass is 15.0. The Morgan fingerprint density at radius 2 is 0.926 bits per heavy atom. The average Bonchev–Trinajstić information content (AvgIpc) is 3.76. The molecular formula is C52H36N2. The van der Waals surface area contributed by atoms with Crippen LogP contribution >= 0.6 is 0 Å². The zero-order valence-electron chi connectivity index (χ0n) is 29.7. The van der Waals surface area contributed by atoms with Gasteiger partial charge in [-0.15, -0.1) is 0 Å². The molecule has 2 heteroatoms. The molecule has 2 heterocycles. The van der Waals surface area contributed by atoms with Gasteiger partial charge in [-0.25, -0.2) is 0 Å². The molecule has 0 N–H and O–H groups in total. The molecule has 2 aromatic heterocycles. The minimum absolute atomic E-state index is 0.313. The summed E-state index contributed by atoms with van der Waals surface area (Å²) in [7, 11) is 0. The Morgan fingerprint density at radius 1 is 0.389 bits per heavy atom. The second kappa shape index (κ2) is 12.4. The predicted molar refractivity (Wildman–Crippen MR) is 229 cm³/mol. The fourth-order valence-corrected chi connectivity index (χ4v) is 8.89. The van der Waals surface area contributed by atoms with E-state index in [4.69, 9.17) is 0 Å². The molecule has 8 aromatic carbocycles. The fourth-order valence-electron chi connectivity index (χ4n) is 8.89. The van der Waals surface area contributed by atoms with Crippen LogP contribution in [0.4, 0.5) is 0 Å². The number of aromatic nitrogens is 2. The highest BCUT2D eigenvalue weighted by molar-refractivity contribution is 6.13. The normalized spacial score (nSPS) is 14.4. The lowest BCUT2D eigenvalue weighted by Crippen LogP contribution is -2.06. The molecule has 1 aliphatic rings. The topological polar surface area (TPSA) is 9.86 Å². The summed E-state index contributed by atoms with van der Waals surface area (Å²) in [6.07, 6.45) is 7.83. The smallest absolute Gasteiger partial charge is 0.0541 e. The summed E-state index contributed by atoms with van der Waals surface area (Å²) in [5.74, 6) is 0.313. The van der Waals surface area contributed by atoms with Gasteiger partial charge in [0.15, 0.2) is 0 Å². The molecule has 0 saturated heterocycles. The van der Waals surface area contributed by atoms with E-state index in [1.54, 1.807) is 0 Å². The number of rotatable bonds is 5. The number of fused-ring (bicyclic) bond motifs is 7. The maximum atomic E-state index is 2.49. The number of para-hydroxylation sites is 2. The molecular weight excluding hydrogens is 653 g/mol. The zero-order chi connectivity index (χ0) is 35.6. The standard InChI is InChI=1S/C52H36N2/c1-2-12-35(13-3-1)36-24-26-37(27-25-36)39-16-10-17-42(32-39)53-49-21-8-6-19-44(49)46-33-40(28-30-51(46)53)41-29-31-52-47(34-41)45-20-7-9-22-50(45)54(52)48-23-11-15-38-14-4-5-18-43(38)48/h1-31,33-34,39H,32H2. The van der Waals surface area contributed by atoms with Crippen molar-refractivity contribution in [3.05, 3.63) is 206 Å². The molecule has 0 radical (unpaired) electrons. The maximum absolute atomic E-state index is 2.49. The van der Waals surface area contributed by atoms with Crippen LogP contribution in [0.25, 0.3) is 88.0 Å². The van der Waals surface area contributed by atoms with E-state index < -0.39 is 0 Å². The van der Waals surface area contributed by atoms with Crippen molar-refractivity contribution in [2.45, 2.75) is 12.3 Å². The van der Waals surface area contributed by atoms with E-state index in [0.717, 1.165) is 6.42 Å². The van der Waals surface area contributed by atoms with Gasteiger partial charge in [0.1, 0.15) is 0 Å². The summed E-state index contributed by atoms with van der Waals surface area (Å²) in [6, 6.07) is 66.8. The molecule has 0 bridgehead atoms. The Hall–Kier alpha value is -6.90. The zero-order valence-corrected chi connectivity index (χ0v) is 29.7. The molecule has 0 aliphatic heterocycles. The first-order valence-corrected chi connectivity index (χ1v) is 18.9. The maximum Gasteiger partial charge on any atom is 0.0541 e. The van der Waals surface area contributed by atoms with Crippen LogP contribution < -0.4 is 0 Å². The van der Waals surface area contributed by atoms with E-state index >= 15 is 0 Å². The molecule has 54 heavy (non-hydrogen) atoms. The van der Waals surface area contributed by atoms with Crippen LogP contribution in [-0.2, 0) is 0 Å². The van der Waals surface area contributed by atoms with Crippen molar-refractivity contribution in [2.24, 2.45) is 0 Å². The van der Waals surface area contributed by atoms with Gasteiger partial charge in [0.2, 0.25) is 0 Å². The molecule has 0 amide bonds. The summed E-state index contributed by atoms with van der Waals surface area (Å²) in [4.78, 5) is 0. The van der Waals surface area contributed by atoms with Gasteiger partial charge in [-0.1, -0.05) is 152 Å². The summed E-state index contributed by atoms with van der Waals surface area (Å²) < 4.78 is 4.93. The molecule has 0 saturated carbocycles. The van der Waals surface area contributed by atoms with Crippen LogP contribution in [0.1, 0.15) is 17.9 Å². The molecule has 0 spiro atoms. The third-order valence-corrected chi connectivity index (χ3v) is 11.5. The van der Waals surface area contributed by atoms with E-state index in [1.807, 2.05) is 0 Å². The van der Waals surface area contributed by atoms with E-state index in [-0.39, 0.29) is 0 Å².